The molecule has 1 aliphatic carbocycles. The zero-order valence-corrected chi connectivity index (χ0v) is 16.9. The van der Waals surface area contributed by atoms with E-state index in [1.165, 1.54) is 0 Å². The fraction of sp³-hybridized carbons (Fsp3) is 0.381. The smallest absolute Gasteiger partial charge is 0.255 e. The molecule has 1 fully saturated rings. The van der Waals surface area contributed by atoms with Gasteiger partial charge in [-0.25, -0.2) is 4.98 Å². The van der Waals surface area contributed by atoms with E-state index in [9.17, 15) is 9.90 Å². The fourth-order valence-corrected chi connectivity index (χ4v) is 4.08. The lowest BCUT2D eigenvalue weighted by Crippen LogP contribution is -2.45. The van der Waals surface area contributed by atoms with Crippen LogP contribution in [-0.2, 0) is 6.54 Å². The van der Waals surface area contributed by atoms with Crippen LogP contribution in [0.5, 0.6) is 5.88 Å². The number of methoxy groups -OCH3 is 1. The van der Waals surface area contributed by atoms with Crippen molar-refractivity contribution in [3.05, 3.63) is 52.9 Å². The van der Waals surface area contributed by atoms with E-state index in [1.807, 2.05) is 10.6 Å². The highest BCUT2D eigenvalue weighted by molar-refractivity contribution is 6.35. The summed E-state index contributed by atoms with van der Waals surface area (Å²) in [5.41, 5.74) is 2.63. The lowest BCUT2D eigenvalue weighted by molar-refractivity contribution is 0.0718. The first-order chi connectivity index (χ1) is 14.1. The number of ether oxygens (including phenoxy) is 1. The summed E-state index contributed by atoms with van der Waals surface area (Å²) in [6, 6.07) is 5.18. The molecule has 0 saturated heterocycles. The number of hydrogen-bond acceptors (Lipinski definition) is 5. The number of hydrogen-bond donors (Lipinski definition) is 2. The standard InChI is InChI=1S/C21H23ClN4O3/c1-29-18-7-6-13(10-24-18)11-26-12-14(19-20(26)15(22)8-9-23-19)21(28)25-16-4-2-3-5-17(16)27/h6-10,12,16-17,27H,2-5,11H2,1H3,(H,25,28)/t16-,17?/m0/s1. The van der Waals surface area contributed by atoms with Gasteiger partial charge in [-0.3, -0.25) is 9.78 Å². The molecule has 152 valence electrons. The largest absolute Gasteiger partial charge is 0.481 e. The second-order valence-electron chi connectivity index (χ2n) is 7.30. The normalized spacial score (nSPS) is 19.3. The first-order valence-corrected chi connectivity index (χ1v) is 10.1. The minimum absolute atomic E-state index is 0.236. The molecule has 1 aliphatic rings. The van der Waals surface area contributed by atoms with Crippen molar-refractivity contribution in [1.29, 1.82) is 0 Å². The van der Waals surface area contributed by atoms with E-state index < -0.39 is 6.10 Å². The minimum Gasteiger partial charge on any atom is -0.481 e. The second kappa shape index (κ2) is 8.39. The number of nitrogens with zero attached hydrogens (tertiary/aromatic N) is 3. The van der Waals surface area contributed by atoms with Gasteiger partial charge in [-0.2, -0.15) is 0 Å². The number of halogens is 1. The maximum absolute atomic E-state index is 13.0. The van der Waals surface area contributed by atoms with Gasteiger partial charge in [-0.05, 0) is 24.5 Å². The highest BCUT2D eigenvalue weighted by Gasteiger charge is 2.27. The average Bonchev–Trinajstić information content (AvgIpc) is 3.10. The van der Waals surface area contributed by atoms with E-state index in [-0.39, 0.29) is 11.9 Å². The molecular formula is C21H23ClN4O3. The van der Waals surface area contributed by atoms with Gasteiger partial charge in [0.05, 0.1) is 35.4 Å². The Balaban J connectivity index is 1.66. The van der Waals surface area contributed by atoms with Crippen LogP contribution in [0.2, 0.25) is 5.02 Å². The molecule has 29 heavy (non-hydrogen) atoms. The monoisotopic (exact) mass is 414 g/mol. The van der Waals surface area contributed by atoms with Gasteiger partial charge in [0.1, 0.15) is 5.52 Å². The highest BCUT2D eigenvalue weighted by Crippen LogP contribution is 2.28. The zero-order chi connectivity index (χ0) is 20.4. The van der Waals surface area contributed by atoms with Crippen LogP contribution in [0.15, 0.2) is 36.8 Å². The lowest BCUT2D eigenvalue weighted by atomic mass is 9.92. The van der Waals surface area contributed by atoms with Crippen molar-refractivity contribution >= 4 is 28.5 Å². The summed E-state index contributed by atoms with van der Waals surface area (Å²) in [5.74, 6) is 0.291. The Morgan fingerprint density at radius 1 is 1.31 bits per heavy atom. The number of aliphatic hydroxyl groups is 1. The van der Waals surface area contributed by atoms with Gasteiger partial charge in [0, 0.05) is 31.2 Å². The number of nitrogens with one attached hydrogen (secondary N) is 1. The van der Waals surface area contributed by atoms with E-state index in [0.29, 0.717) is 40.5 Å². The summed E-state index contributed by atoms with van der Waals surface area (Å²) < 4.78 is 7.01. The molecule has 8 heteroatoms. The summed E-state index contributed by atoms with van der Waals surface area (Å²) in [5, 5.41) is 13.7. The molecule has 3 heterocycles. The van der Waals surface area contributed by atoms with Crippen molar-refractivity contribution in [1.82, 2.24) is 19.9 Å². The Labute approximate surface area is 173 Å². The molecule has 0 aromatic carbocycles. The third kappa shape index (κ3) is 4.06. The van der Waals surface area contributed by atoms with Crippen LogP contribution >= 0.6 is 11.6 Å². The van der Waals surface area contributed by atoms with Crippen molar-refractivity contribution in [2.24, 2.45) is 0 Å². The number of carbonyl (C=O) groups is 1. The third-order valence-electron chi connectivity index (χ3n) is 5.35. The summed E-state index contributed by atoms with van der Waals surface area (Å²) in [4.78, 5) is 21.6. The molecular weight excluding hydrogens is 392 g/mol. The van der Waals surface area contributed by atoms with Crippen molar-refractivity contribution in [3.63, 3.8) is 0 Å². The minimum atomic E-state index is -0.511. The number of pyridine rings is 2. The van der Waals surface area contributed by atoms with Crippen LogP contribution < -0.4 is 10.1 Å². The SMILES string of the molecule is COc1ccc(Cn2cc(C(=O)N[C@H]3CCCCC3O)c3nccc(Cl)c32)cn1. The van der Waals surface area contributed by atoms with Crippen molar-refractivity contribution in [3.8, 4) is 5.88 Å². The first-order valence-electron chi connectivity index (χ1n) is 9.68. The molecule has 1 unspecified atom stereocenters. The Bertz CT molecular complexity index is 1020. The topological polar surface area (TPSA) is 89.3 Å². The molecule has 4 rings (SSSR count). The third-order valence-corrected chi connectivity index (χ3v) is 5.66. The maximum atomic E-state index is 13.0. The number of carbonyl (C=O) groups excluding carboxylic acids is 1. The number of aromatic nitrogens is 3. The Kier molecular flexibility index (Phi) is 5.69. The molecule has 0 bridgehead atoms. The van der Waals surface area contributed by atoms with Gasteiger partial charge in [0.2, 0.25) is 5.88 Å². The predicted octanol–water partition coefficient (Wildman–Crippen LogP) is 3.17. The number of amides is 1. The van der Waals surface area contributed by atoms with Crippen molar-refractivity contribution in [2.75, 3.05) is 7.11 Å². The molecule has 0 aliphatic heterocycles. The van der Waals surface area contributed by atoms with Crippen molar-refractivity contribution in [2.45, 2.75) is 44.4 Å². The molecule has 3 aromatic rings. The summed E-state index contributed by atoms with van der Waals surface area (Å²) in [6.45, 7) is 0.484. The Morgan fingerprint density at radius 2 is 2.14 bits per heavy atom. The molecule has 0 radical (unpaired) electrons. The number of fused-ring (bicyclic) bond motifs is 1. The van der Waals surface area contributed by atoms with Crippen LogP contribution in [0.25, 0.3) is 11.0 Å². The van der Waals surface area contributed by atoms with Gasteiger partial charge in [0.15, 0.2) is 0 Å². The molecule has 1 amide bonds. The van der Waals surface area contributed by atoms with Gasteiger partial charge >= 0.3 is 0 Å². The predicted molar refractivity (Wildman–Crippen MR) is 110 cm³/mol. The van der Waals surface area contributed by atoms with E-state index in [0.717, 1.165) is 24.8 Å². The second-order valence-corrected chi connectivity index (χ2v) is 7.71. The van der Waals surface area contributed by atoms with Gasteiger partial charge in [-0.1, -0.05) is 30.5 Å². The molecule has 7 nitrogen and oxygen atoms in total. The molecule has 3 aromatic heterocycles. The van der Waals surface area contributed by atoms with Gasteiger partial charge < -0.3 is 19.7 Å². The van der Waals surface area contributed by atoms with Crippen LogP contribution in [0.1, 0.15) is 41.6 Å². The molecule has 1 saturated carbocycles. The van der Waals surface area contributed by atoms with Gasteiger partial charge in [0.25, 0.3) is 5.91 Å². The summed E-state index contributed by atoms with van der Waals surface area (Å²) in [7, 11) is 1.57. The highest BCUT2D eigenvalue weighted by atomic mass is 35.5. The van der Waals surface area contributed by atoms with Crippen LogP contribution in [-0.4, -0.2) is 44.8 Å². The van der Waals surface area contributed by atoms with Crippen LogP contribution in [0.3, 0.4) is 0 Å². The number of rotatable bonds is 5. The molecule has 0 spiro atoms. The lowest BCUT2D eigenvalue weighted by Gasteiger charge is -2.28. The zero-order valence-electron chi connectivity index (χ0n) is 16.1. The van der Waals surface area contributed by atoms with E-state index in [2.05, 4.69) is 15.3 Å². The van der Waals surface area contributed by atoms with Gasteiger partial charge in [-0.15, -0.1) is 0 Å². The first kappa shape index (κ1) is 19.7. The van der Waals surface area contributed by atoms with Crippen LogP contribution in [0.4, 0.5) is 0 Å². The fourth-order valence-electron chi connectivity index (χ4n) is 3.82. The Hall–Kier alpha value is -2.64. The Morgan fingerprint density at radius 3 is 2.86 bits per heavy atom. The van der Waals surface area contributed by atoms with Crippen LogP contribution in [0, 0.1) is 0 Å². The number of aliphatic hydroxyl groups excluding tert-OH is 1. The van der Waals surface area contributed by atoms with E-state index in [1.54, 1.807) is 37.8 Å². The molecule has 2 N–H and O–H groups in total. The summed E-state index contributed by atoms with van der Waals surface area (Å²) >= 11 is 6.44. The van der Waals surface area contributed by atoms with Crippen molar-refractivity contribution < 1.29 is 14.6 Å². The summed E-state index contributed by atoms with van der Waals surface area (Å²) in [6.07, 6.45) is 8.04. The van der Waals surface area contributed by atoms with E-state index in [4.69, 9.17) is 16.3 Å². The average molecular weight is 415 g/mol. The molecule has 2 atom stereocenters. The maximum Gasteiger partial charge on any atom is 0.255 e. The van der Waals surface area contributed by atoms with E-state index >= 15 is 0 Å². The quantitative estimate of drug-likeness (QED) is 0.669.